The molecule has 4 heteroatoms. The fourth-order valence-electron chi connectivity index (χ4n) is 3.76. The minimum absolute atomic E-state index is 0.0168. The van der Waals surface area contributed by atoms with Crippen LogP contribution in [0, 0.1) is 5.92 Å². The lowest BCUT2D eigenvalue weighted by molar-refractivity contribution is -0.153. The highest BCUT2D eigenvalue weighted by atomic mass is 16.2. The molecule has 1 saturated carbocycles. The van der Waals surface area contributed by atoms with Crippen molar-refractivity contribution in [3.05, 3.63) is 0 Å². The Labute approximate surface area is 122 Å². The number of nitrogens with one attached hydrogen (secondary N) is 1. The molecule has 0 aromatic carbocycles. The number of rotatable bonds is 4. The monoisotopic (exact) mass is 280 g/mol. The Hall–Kier alpha value is -1.06. The number of hydrogen-bond acceptors (Lipinski definition) is 2. The summed E-state index contributed by atoms with van der Waals surface area (Å²) < 4.78 is 0. The summed E-state index contributed by atoms with van der Waals surface area (Å²) in [6.45, 7) is 6.03. The van der Waals surface area contributed by atoms with E-state index in [1.165, 1.54) is 19.3 Å². The average Bonchev–Trinajstić information content (AvgIpc) is 2.44. The molecule has 2 rings (SSSR count). The SMILES string of the molecule is CCCC(C)N1C(=O)C(C2CCCCC2)NC(=O)C1C. The molecule has 1 saturated heterocycles. The molecule has 0 aromatic rings. The molecule has 4 nitrogen and oxygen atoms in total. The average molecular weight is 280 g/mol. The van der Waals surface area contributed by atoms with E-state index in [4.69, 9.17) is 0 Å². The lowest BCUT2D eigenvalue weighted by atomic mass is 9.82. The first-order valence-corrected chi connectivity index (χ1v) is 8.18. The van der Waals surface area contributed by atoms with Crippen molar-refractivity contribution >= 4 is 11.8 Å². The van der Waals surface area contributed by atoms with Gasteiger partial charge >= 0.3 is 0 Å². The molecule has 2 aliphatic rings. The number of carbonyl (C=O) groups excluding carboxylic acids is 2. The van der Waals surface area contributed by atoms with Crippen molar-refractivity contribution in [2.24, 2.45) is 5.92 Å². The van der Waals surface area contributed by atoms with Crippen molar-refractivity contribution in [2.75, 3.05) is 0 Å². The molecule has 2 fully saturated rings. The van der Waals surface area contributed by atoms with E-state index in [2.05, 4.69) is 19.2 Å². The maximum absolute atomic E-state index is 12.8. The molecule has 1 heterocycles. The second kappa shape index (κ2) is 6.59. The van der Waals surface area contributed by atoms with Gasteiger partial charge in [-0.1, -0.05) is 32.6 Å². The third kappa shape index (κ3) is 2.99. The van der Waals surface area contributed by atoms with E-state index in [0.29, 0.717) is 5.92 Å². The van der Waals surface area contributed by atoms with Crippen LogP contribution < -0.4 is 5.32 Å². The van der Waals surface area contributed by atoms with Crippen LogP contribution in [0.5, 0.6) is 0 Å². The van der Waals surface area contributed by atoms with Gasteiger partial charge in [0.15, 0.2) is 0 Å². The number of carbonyl (C=O) groups is 2. The van der Waals surface area contributed by atoms with Crippen LogP contribution in [0.2, 0.25) is 0 Å². The molecular weight excluding hydrogens is 252 g/mol. The van der Waals surface area contributed by atoms with Gasteiger partial charge in [0.05, 0.1) is 0 Å². The number of piperazine rings is 1. The largest absolute Gasteiger partial charge is 0.342 e. The molecule has 1 N–H and O–H groups in total. The molecular formula is C16H28N2O2. The molecule has 3 atom stereocenters. The summed E-state index contributed by atoms with van der Waals surface area (Å²) in [6, 6.07) is -0.457. The van der Waals surface area contributed by atoms with Gasteiger partial charge < -0.3 is 10.2 Å². The van der Waals surface area contributed by atoms with Crippen molar-refractivity contribution in [3.63, 3.8) is 0 Å². The van der Waals surface area contributed by atoms with Gasteiger partial charge in [0, 0.05) is 6.04 Å². The Bertz CT molecular complexity index is 363. The molecule has 0 radical (unpaired) electrons. The molecule has 1 aliphatic heterocycles. The summed E-state index contributed by atoms with van der Waals surface area (Å²) in [5, 5.41) is 2.98. The molecule has 20 heavy (non-hydrogen) atoms. The van der Waals surface area contributed by atoms with Gasteiger partial charge in [0.25, 0.3) is 0 Å². The van der Waals surface area contributed by atoms with Gasteiger partial charge in [-0.25, -0.2) is 0 Å². The van der Waals surface area contributed by atoms with E-state index in [-0.39, 0.29) is 29.9 Å². The lowest BCUT2D eigenvalue weighted by Gasteiger charge is -2.44. The van der Waals surface area contributed by atoms with Gasteiger partial charge in [-0.05, 0) is 39.0 Å². The van der Waals surface area contributed by atoms with Gasteiger partial charge in [0.2, 0.25) is 11.8 Å². The predicted octanol–water partition coefficient (Wildman–Crippen LogP) is 2.47. The third-order valence-corrected chi connectivity index (χ3v) is 4.92. The zero-order chi connectivity index (χ0) is 14.7. The first-order valence-electron chi connectivity index (χ1n) is 8.18. The maximum atomic E-state index is 12.8. The zero-order valence-corrected chi connectivity index (χ0v) is 13.0. The summed E-state index contributed by atoms with van der Waals surface area (Å²) in [5.41, 5.74) is 0. The number of amides is 2. The fraction of sp³-hybridized carbons (Fsp3) is 0.875. The van der Waals surface area contributed by atoms with Crippen molar-refractivity contribution < 1.29 is 9.59 Å². The van der Waals surface area contributed by atoms with Crippen LogP contribution in [0.15, 0.2) is 0 Å². The molecule has 114 valence electrons. The van der Waals surface area contributed by atoms with Crippen LogP contribution in [0.1, 0.15) is 65.7 Å². The quantitative estimate of drug-likeness (QED) is 0.860. The molecule has 0 bridgehead atoms. The van der Waals surface area contributed by atoms with E-state index in [9.17, 15) is 9.59 Å². The lowest BCUT2D eigenvalue weighted by Crippen LogP contribution is -2.66. The highest BCUT2D eigenvalue weighted by Gasteiger charge is 2.43. The van der Waals surface area contributed by atoms with Crippen LogP contribution in [0.4, 0.5) is 0 Å². The topological polar surface area (TPSA) is 49.4 Å². The van der Waals surface area contributed by atoms with E-state index in [1.807, 2.05) is 11.8 Å². The number of hydrogen-bond donors (Lipinski definition) is 1. The van der Waals surface area contributed by atoms with Crippen LogP contribution in [-0.4, -0.2) is 34.8 Å². The molecule has 0 spiro atoms. The first-order chi connectivity index (χ1) is 9.56. The first kappa shape index (κ1) is 15.3. The van der Waals surface area contributed by atoms with E-state index < -0.39 is 0 Å². The van der Waals surface area contributed by atoms with Crippen molar-refractivity contribution in [1.82, 2.24) is 10.2 Å². The summed E-state index contributed by atoms with van der Waals surface area (Å²) in [6.07, 6.45) is 7.77. The Balaban J connectivity index is 2.14. The normalized spacial score (nSPS) is 30.2. The van der Waals surface area contributed by atoms with Crippen molar-refractivity contribution in [2.45, 2.75) is 83.8 Å². The minimum atomic E-state index is -0.330. The third-order valence-electron chi connectivity index (χ3n) is 4.92. The van der Waals surface area contributed by atoms with Crippen molar-refractivity contribution in [1.29, 1.82) is 0 Å². The van der Waals surface area contributed by atoms with E-state index in [1.54, 1.807) is 0 Å². The maximum Gasteiger partial charge on any atom is 0.246 e. The summed E-state index contributed by atoms with van der Waals surface area (Å²) in [7, 11) is 0. The van der Waals surface area contributed by atoms with Crippen LogP contribution in [0.3, 0.4) is 0 Å². The zero-order valence-electron chi connectivity index (χ0n) is 13.0. The molecule has 0 aromatic heterocycles. The van der Waals surface area contributed by atoms with Crippen LogP contribution in [-0.2, 0) is 9.59 Å². The molecule has 1 aliphatic carbocycles. The van der Waals surface area contributed by atoms with Gasteiger partial charge in [-0.15, -0.1) is 0 Å². The standard InChI is InChI=1S/C16H28N2O2/c1-4-8-11(2)18-12(3)15(19)17-14(16(18)20)13-9-6-5-7-10-13/h11-14H,4-10H2,1-3H3,(H,17,19). The Morgan fingerprint density at radius 3 is 2.50 bits per heavy atom. The smallest absolute Gasteiger partial charge is 0.246 e. The Kier molecular flexibility index (Phi) is 5.06. The molecule has 2 amide bonds. The summed E-state index contributed by atoms with van der Waals surface area (Å²) in [4.78, 5) is 26.8. The Morgan fingerprint density at radius 2 is 1.90 bits per heavy atom. The molecule has 3 unspecified atom stereocenters. The van der Waals surface area contributed by atoms with Gasteiger partial charge in [-0.3, -0.25) is 9.59 Å². The van der Waals surface area contributed by atoms with E-state index >= 15 is 0 Å². The minimum Gasteiger partial charge on any atom is -0.342 e. The van der Waals surface area contributed by atoms with E-state index in [0.717, 1.165) is 25.7 Å². The van der Waals surface area contributed by atoms with Gasteiger partial charge in [-0.2, -0.15) is 0 Å². The second-order valence-electron chi connectivity index (χ2n) is 6.44. The van der Waals surface area contributed by atoms with Gasteiger partial charge in [0.1, 0.15) is 12.1 Å². The summed E-state index contributed by atoms with van der Waals surface area (Å²) >= 11 is 0. The highest BCUT2D eigenvalue weighted by molar-refractivity contribution is 5.97. The summed E-state index contributed by atoms with van der Waals surface area (Å²) in [5.74, 6) is 0.497. The Morgan fingerprint density at radius 1 is 1.25 bits per heavy atom. The van der Waals surface area contributed by atoms with Crippen molar-refractivity contribution in [3.8, 4) is 0 Å². The highest BCUT2D eigenvalue weighted by Crippen LogP contribution is 2.30. The predicted molar refractivity (Wildman–Crippen MR) is 79.2 cm³/mol. The number of nitrogens with zero attached hydrogens (tertiary/aromatic N) is 1. The fourth-order valence-corrected chi connectivity index (χ4v) is 3.76. The second-order valence-corrected chi connectivity index (χ2v) is 6.44. The van der Waals surface area contributed by atoms with Crippen LogP contribution >= 0.6 is 0 Å². The van der Waals surface area contributed by atoms with Crippen LogP contribution in [0.25, 0.3) is 0 Å².